The van der Waals surface area contributed by atoms with Crippen LogP contribution < -0.4 is 5.32 Å². The molecular formula is C13H23NO5. The van der Waals surface area contributed by atoms with Gasteiger partial charge in [0.15, 0.2) is 0 Å². The highest BCUT2D eigenvalue weighted by molar-refractivity contribution is 5.86. The lowest BCUT2D eigenvalue weighted by atomic mass is 10.0. The monoisotopic (exact) mass is 273 g/mol. The van der Waals surface area contributed by atoms with Crippen molar-refractivity contribution in [2.75, 3.05) is 0 Å². The Morgan fingerprint density at radius 2 is 1.68 bits per heavy atom. The van der Waals surface area contributed by atoms with Crippen molar-refractivity contribution in [3.8, 4) is 0 Å². The number of ether oxygens (including phenoxy) is 1. The number of hydrogen-bond donors (Lipinski definition) is 2. The molecule has 1 amide bonds. The van der Waals surface area contributed by atoms with Crippen molar-refractivity contribution in [3.63, 3.8) is 0 Å². The Bertz CT molecular complexity index is 343. The molecule has 0 radical (unpaired) electrons. The number of rotatable bonds is 6. The Kier molecular flexibility index (Phi) is 6.52. The molecule has 0 rings (SSSR count). The second-order valence-electron chi connectivity index (χ2n) is 5.72. The van der Waals surface area contributed by atoms with E-state index >= 15 is 0 Å². The molecule has 0 aliphatic carbocycles. The first kappa shape index (κ1) is 17.4. The van der Waals surface area contributed by atoms with Crippen LogP contribution in [0.1, 0.15) is 47.5 Å². The van der Waals surface area contributed by atoms with E-state index in [0.717, 1.165) is 0 Å². The van der Waals surface area contributed by atoms with Gasteiger partial charge < -0.3 is 15.2 Å². The lowest BCUT2D eigenvalue weighted by molar-refractivity contribution is -0.160. The number of carboxylic acids is 1. The standard InChI is InChI=1S/C13H23NO5/c1-8(2)11(12(18)19-13(3,4)5)14-9(15)6-7-10(16)17/h8,11H,6-7H2,1-5H3,(H,14,15)(H,16,17)/t11-/m0/s1. The first-order valence-corrected chi connectivity index (χ1v) is 6.27. The molecule has 6 heteroatoms. The van der Waals surface area contributed by atoms with Gasteiger partial charge in [0.25, 0.3) is 0 Å². The normalized spacial score (nSPS) is 12.9. The quantitative estimate of drug-likeness (QED) is 0.712. The molecule has 0 aromatic carbocycles. The van der Waals surface area contributed by atoms with Gasteiger partial charge in [0.1, 0.15) is 11.6 Å². The maximum atomic E-state index is 11.9. The Hall–Kier alpha value is -1.59. The van der Waals surface area contributed by atoms with Crippen LogP contribution in [0, 0.1) is 5.92 Å². The minimum absolute atomic E-state index is 0.136. The molecular weight excluding hydrogens is 250 g/mol. The molecule has 0 spiro atoms. The van der Waals surface area contributed by atoms with Crippen molar-refractivity contribution in [2.45, 2.75) is 59.1 Å². The van der Waals surface area contributed by atoms with E-state index in [4.69, 9.17) is 9.84 Å². The van der Waals surface area contributed by atoms with Crippen LogP contribution in [0.5, 0.6) is 0 Å². The molecule has 0 fully saturated rings. The summed E-state index contributed by atoms with van der Waals surface area (Å²) in [7, 11) is 0. The first-order valence-electron chi connectivity index (χ1n) is 6.27. The predicted octanol–water partition coefficient (Wildman–Crippen LogP) is 1.33. The van der Waals surface area contributed by atoms with Gasteiger partial charge in [0, 0.05) is 6.42 Å². The van der Waals surface area contributed by atoms with Crippen molar-refractivity contribution in [1.82, 2.24) is 5.32 Å². The van der Waals surface area contributed by atoms with E-state index < -0.39 is 29.5 Å². The topological polar surface area (TPSA) is 92.7 Å². The van der Waals surface area contributed by atoms with E-state index in [1.807, 2.05) is 0 Å². The lowest BCUT2D eigenvalue weighted by Crippen LogP contribution is -2.47. The average Bonchev–Trinajstić information content (AvgIpc) is 2.19. The molecule has 6 nitrogen and oxygen atoms in total. The van der Waals surface area contributed by atoms with E-state index in [9.17, 15) is 14.4 Å². The van der Waals surface area contributed by atoms with Gasteiger partial charge in [0.05, 0.1) is 6.42 Å². The van der Waals surface area contributed by atoms with Gasteiger partial charge in [-0.15, -0.1) is 0 Å². The summed E-state index contributed by atoms with van der Waals surface area (Å²) in [5.74, 6) is -2.16. The molecule has 0 aromatic heterocycles. The largest absolute Gasteiger partial charge is 0.481 e. The molecule has 0 bridgehead atoms. The second-order valence-corrected chi connectivity index (χ2v) is 5.72. The number of aliphatic carboxylic acids is 1. The maximum Gasteiger partial charge on any atom is 0.329 e. The van der Waals surface area contributed by atoms with Crippen LogP contribution in [0.3, 0.4) is 0 Å². The fourth-order valence-corrected chi connectivity index (χ4v) is 1.33. The predicted molar refractivity (Wildman–Crippen MR) is 69.5 cm³/mol. The van der Waals surface area contributed by atoms with Gasteiger partial charge in [-0.2, -0.15) is 0 Å². The molecule has 2 N–H and O–H groups in total. The third-order valence-corrected chi connectivity index (χ3v) is 2.21. The molecule has 0 unspecified atom stereocenters. The zero-order valence-electron chi connectivity index (χ0n) is 12.1. The van der Waals surface area contributed by atoms with Crippen LogP contribution in [-0.2, 0) is 19.1 Å². The van der Waals surface area contributed by atoms with Gasteiger partial charge in [-0.05, 0) is 26.7 Å². The number of nitrogens with one attached hydrogen (secondary N) is 1. The van der Waals surface area contributed by atoms with Crippen molar-refractivity contribution in [2.24, 2.45) is 5.92 Å². The van der Waals surface area contributed by atoms with Crippen LogP contribution in [0.25, 0.3) is 0 Å². The van der Waals surface area contributed by atoms with Crippen LogP contribution in [0.15, 0.2) is 0 Å². The van der Waals surface area contributed by atoms with Crippen LogP contribution in [0.4, 0.5) is 0 Å². The Morgan fingerprint density at radius 3 is 2.05 bits per heavy atom. The van der Waals surface area contributed by atoms with E-state index in [2.05, 4.69) is 5.32 Å². The minimum atomic E-state index is -1.05. The number of carboxylic acid groups (broad SMARTS) is 1. The van der Waals surface area contributed by atoms with E-state index in [1.54, 1.807) is 34.6 Å². The first-order chi connectivity index (χ1) is 8.53. The van der Waals surface area contributed by atoms with Crippen molar-refractivity contribution < 1.29 is 24.2 Å². The van der Waals surface area contributed by atoms with E-state index in [0.29, 0.717) is 0 Å². The van der Waals surface area contributed by atoms with Crippen molar-refractivity contribution in [1.29, 1.82) is 0 Å². The van der Waals surface area contributed by atoms with Crippen LogP contribution >= 0.6 is 0 Å². The number of carbonyl (C=O) groups is 3. The Labute approximate surface area is 113 Å². The van der Waals surface area contributed by atoms with E-state index in [-0.39, 0.29) is 18.8 Å². The summed E-state index contributed by atoms with van der Waals surface area (Å²) in [6, 6.07) is -0.763. The summed E-state index contributed by atoms with van der Waals surface area (Å²) in [4.78, 5) is 33.8. The van der Waals surface area contributed by atoms with Crippen LogP contribution in [-0.4, -0.2) is 34.6 Å². The zero-order valence-corrected chi connectivity index (χ0v) is 12.1. The maximum absolute atomic E-state index is 11.9. The number of amides is 1. The highest BCUT2D eigenvalue weighted by Crippen LogP contribution is 2.12. The Morgan fingerprint density at radius 1 is 1.16 bits per heavy atom. The lowest BCUT2D eigenvalue weighted by Gasteiger charge is -2.26. The van der Waals surface area contributed by atoms with E-state index in [1.165, 1.54) is 0 Å². The fraction of sp³-hybridized carbons (Fsp3) is 0.769. The summed E-state index contributed by atoms with van der Waals surface area (Å²) < 4.78 is 5.22. The summed E-state index contributed by atoms with van der Waals surface area (Å²) in [5.41, 5.74) is -0.629. The van der Waals surface area contributed by atoms with Gasteiger partial charge in [-0.3, -0.25) is 9.59 Å². The summed E-state index contributed by atoms with van der Waals surface area (Å²) in [6.45, 7) is 8.80. The minimum Gasteiger partial charge on any atom is -0.481 e. The highest BCUT2D eigenvalue weighted by atomic mass is 16.6. The highest BCUT2D eigenvalue weighted by Gasteiger charge is 2.29. The molecule has 19 heavy (non-hydrogen) atoms. The van der Waals surface area contributed by atoms with Gasteiger partial charge in [-0.1, -0.05) is 13.8 Å². The summed E-state index contributed by atoms with van der Waals surface area (Å²) in [5, 5.41) is 11.0. The SMILES string of the molecule is CC(C)[C@H](NC(=O)CCC(=O)O)C(=O)OC(C)(C)C. The zero-order chi connectivity index (χ0) is 15.2. The molecule has 0 saturated carbocycles. The third kappa shape index (κ3) is 8.18. The Balaban J connectivity index is 4.53. The molecule has 0 heterocycles. The molecule has 0 aliphatic rings. The third-order valence-electron chi connectivity index (χ3n) is 2.21. The number of esters is 1. The molecule has 0 aliphatic heterocycles. The number of carbonyl (C=O) groups excluding carboxylic acids is 2. The van der Waals surface area contributed by atoms with Gasteiger partial charge in [0.2, 0.25) is 5.91 Å². The smallest absolute Gasteiger partial charge is 0.329 e. The average molecular weight is 273 g/mol. The summed E-state index contributed by atoms with van der Waals surface area (Å²) >= 11 is 0. The van der Waals surface area contributed by atoms with Gasteiger partial charge >= 0.3 is 11.9 Å². The summed E-state index contributed by atoms with van der Waals surface area (Å²) in [6.07, 6.45) is -0.410. The molecule has 0 aromatic rings. The molecule has 1 atom stereocenters. The second kappa shape index (κ2) is 7.11. The van der Waals surface area contributed by atoms with Gasteiger partial charge in [-0.25, -0.2) is 4.79 Å². The molecule has 110 valence electrons. The van der Waals surface area contributed by atoms with Crippen molar-refractivity contribution >= 4 is 17.8 Å². The molecule has 0 saturated heterocycles. The fourth-order valence-electron chi connectivity index (χ4n) is 1.33. The van der Waals surface area contributed by atoms with Crippen LogP contribution in [0.2, 0.25) is 0 Å². The van der Waals surface area contributed by atoms with Crippen molar-refractivity contribution in [3.05, 3.63) is 0 Å². The number of hydrogen-bond acceptors (Lipinski definition) is 4.